The average Bonchev–Trinajstić information content (AvgIpc) is 2.37. The van der Waals surface area contributed by atoms with Crippen LogP contribution < -0.4 is 15.2 Å². The molecule has 0 saturated heterocycles. The second-order valence-electron chi connectivity index (χ2n) is 4.81. The molecule has 0 fully saturated rings. The van der Waals surface area contributed by atoms with E-state index in [4.69, 9.17) is 15.6 Å². The molecule has 1 aromatic rings. The first-order valence-corrected chi connectivity index (χ1v) is 8.08. The lowest BCUT2D eigenvalue weighted by molar-refractivity contribution is 0.216. The van der Waals surface area contributed by atoms with Crippen molar-refractivity contribution in [2.75, 3.05) is 24.7 Å². The summed E-state index contributed by atoms with van der Waals surface area (Å²) in [6, 6.07) is 6.49. The van der Waals surface area contributed by atoms with E-state index in [0.29, 0.717) is 11.4 Å². The third-order valence-electron chi connectivity index (χ3n) is 2.99. The largest absolute Gasteiger partial charge is 0.492 e. The summed E-state index contributed by atoms with van der Waals surface area (Å²) in [4.78, 5) is 0. The topological polar surface area (TPSA) is 102 Å². The van der Waals surface area contributed by atoms with Crippen molar-refractivity contribution in [1.29, 1.82) is 0 Å². The highest BCUT2D eigenvalue weighted by Crippen LogP contribution is 2.14. The fourth-order valence-corrected chi connectivity index (χ4v) is 2.71. The van der Waals surface area contributed by atoms with Crippen LogP contribution in [0, 0.1) is 5.92 Å². The van der Waals surface area contributed by atoms with Crippen LogP contribution >= 0.6 is 0 Å². The van der Waals surface area contributed by atoms with Gasteiger partial charge in [-0.2, -0.15) is 0 Å². The molecular formula is C13H22N2O4S. The third kappa shape index (κ3) is 5.77. The van der Waals surface area contributed by atoms with Crippen molar-refractivity contribution in [3.63, 3.8) is 0 Å². The van der Waals surface area contributed by atoms with E-state index < -0.39 is 10.0 Å². The summed E-state index contributed by atoms with van der Waals surface area (Å²) in [6.07, 6.45) is 0. The summed E-state index contributed by atoms with van der Waals surface area (Å²) >= 11 is 0. The van der Waals surface area contributed by atoms with E-state index in [1.54, 1.807) is 38.1 Å². The minimum Gasteiger partial charge on any atom is -0.492 e. The average molecular weight is 302 g/mol. The quantitative estimate of drug-likeness (QED) is 0.610. The van der Waals surface area contributed by atoms with E-state index in [1.807, 2.05) is 0 Å². The van der Waals surface area contributed by atoms with Crippen molar-refractivity contribution < 1.29 is 18.3 Å². The van der Waals surface area contributed by atoms with Gasteiger partial charge < -0.3 is 15.6 Å². The minimum absolute atomic E-state index is 0.0407. The van der Waals surface area contributed by atoms with Gasteiger partial charge in [-0.25, -0.2) is 13.1 Å². The van der Waals surface area contributed by atoms with E-state index >= 15 is 0 Å². The maximum Gasteiger partial charge on any atom is 0.215 e. The van der Waals surface area contributed by atoms with Gasteiger partial charge in [0.25, 0.3) is 0 Å². The van der Waals surface area contributed by atoms with E-state index in [-0.39, 0.29) is 30.9 Å². The Kier molecular flexibility index (Phi) is 6.25. The molecule has 1 aromatic carbocycles. The molecule has 2 atom stereocenters. The van der Waals surface area contributed by atoms with Crippen LogP contribution in [0.15, 0.2) is 24.3 Å². The number of nitrogens with one attached hydrogen (secondary N) is 1. The molecule has 0 radical (unpaired) electrons. The molecule has 6 nitrogen and oxygen atoms in total. The Morgan fingerprint density at radius 1 is 1.40 bits per heavy atom. The lowest BCUT2D eigenvalue weighted by Gasteiger charge is -2.19. The molecule has 0 bridgehead atoms. The van der Waals surface area contributed by atoms with Crippen molar-refractivity contribution >= 4 is 15.7 Å². The fraction of sp³-hybridized carbons (Fsp3) is 0.538. The Morgan fingerprint density at radius 2 is 2.10 bits per heavy atom. The molecular weight excluding hydrogens is 280 g/mol. The maximum absolute atomic E-state index is 11.8. The normalized spacial score (nSPS) is 14.8. The van der Waals surface area contributed by atoms with Gasteiger partial charge >= 0.3 is 0 Å². The summed E-state index contributed by atoms with van der Waals surface area (Å²) in [5.74, 6) is 0.251. The molecule has 4 N–H and O–H groups in total. The van der Waals surface area contributed by atoms with Crippen molar-refractivity contribution in [3.8, 4) is 5.75 Å². The van der Waals surface area contributed by atoms with Crippen LogP contribution in [-0.2, 0) is 10.0 Å². The molecule has 114 valence electrons. The zero-order valence-corrected chi connectivity index (χ0v) is 12.6. The fourth-order valence-electron chi connectivity index (χ4n) is 1.49. The van der Waals surface area contributed by atoms with Gasteiger partial charge in [0.15, 0.2) is 0 Å². The van der Waals surface area contributed by atoms with Crippen LogP contribution in [-0.4, -0.2) is 38.5 Å². The number of nitrogens with two attached hydrogens (primary N) is 1. The smallest absolute Gasteiger partial charge is 0.215 e. The zero-order valence-electron chi connectivity index (χ0n) is 11.7. The number of rotatable bonds is 8. The monoisotopic (exact) mass is 302 g/mol. The van der Waals surface area contributed by atoms with Gasteiger partial charge in [-0.1, -0.05) is 13.0 Å². The number of hydrogen-bond acceptors (Lipinski definition) is 5. The van der Waals surface area contributed by atoms with Gasteiger partial charge in [-0.15, -0.1) is 0 Å². The van der Waals surface area contributed by atoms with E-state index in [9.17, 15) is 8.42 Å². The maximum atomic E-state index is 11.8. The first kappa shape index (κ1) is 16.7. The standard InChI is InChI=1S/C13H22N2O4S/c1-10(9-16)11(2)15-20(17,18)7-6-19-13-5-3-4-12(14)8-13/h3-5,8,10-11,15-16H,6-7,9,14H2,1-2H3. The van der Waals surface area contributed by atoms with Gasteiger partial charge in [-0.3, -0.25) is 0 Å². The zero-order chi connectivity index (χ0) is 15.2. The molecule has 0 heterocycles. The van der Waals surface area contributed by atoms with Crippen LogP contribution in [0.25, 0.3) is 0 Å². The summed E-state index contributed by atoms with van der Waals surface area (Å²) in [6.45, 7) is 3.47. The predicted octanol–water partition coefficient (Wildman–Crippen LogP) is 0.584. The molecule has 0 saturated carbocycles. The van der Waals surface area contributed by atoms with Crippen molar-refractivity contribution in [1.82, 2.24) is 4.72 Å². The van der Waals surface area contributed by atoms with Gasteiger partial charge in [-0.05, 0) is 25.0 Å². The van der Waals surface area contributed by atoms with Crippen LogP contribution in [0.3, 0.4) is 0 Å². The lowest BCUT2D eigenvalue weighted by Crippen LogP contribution is -2.40. The number of hydrogen-bond donors (Lipinski definition) is 3. The molecule has 0 spiro atoms. The number of anilines is 1. The van der Waals surface area contributed by atoms with Gasteiger partial charge in [0.2, 0.25) is 10.0 Å². The molecule has 7 heteroatoms. The second-order valence-corrected chi connectivity index (χ2v) is 6.68. The highest BCUT2D eigenvalue weighted by atomic mass is 32.2. The molecule has 0 aliphatic carbocycles. The SMILES string of the molecule is CC(CO)C(C)NS(=O)(=O)CCOc1cccc(N)c1. The highest BCUT2D eigenvalue weighted by molar-refractivity contribution is 7.89. The number of benzene rings is 1. The predicted molar refractivity (Wildman–Crippen MR) is 79.0 cm³/mol. The molecule has 0 amide bonds. The van der Waals surface area contributed by atoms with Gasteiger partial charge in [0.1, 0.15) is 12.4 Å². The van der Waals surface area contributed by atoms with E-state index in [0.717, 1.165) is 0 Å². The number of aliphatic hydroxyl groups excluding tert-OH is 1. The Bertz CT molecular complexity index is 519. The van der Waals surface area contributed by atoms with E-state index in [2.05, 4.69) is 4.72 Å². The lowest BCUT2D eigenvalue weighted by atomic mass is 10.1. The van der Waals surface area contributed by atoms with Crippen molar-refractivity contribution in [2.45, 2.75) is 19.9 Å². The summed E-state index contributed by atoms with van der Waals surface area (Å²) in [7, 11) is -3.43. The summed E-state index contributed by atoms with van der Waals surface area (Å²) in [5, 5.41) is 8.98. The van der Waals surface area contributed by atoms with Crippen LogP contribution in [0.5, 0.6) is 5.75 Å². The number of aliphatic hydroxyl groups is 1. The van der Waals surface area contributed by atoms with Crippen molar-refractivity contribution in [2.24, 2.45) is 5.92 Å². The molecule has 0 aromatic heterocycles. The third-order valence-corrected chi connectivity index (χ3v) is 4.42. The minimum atomic E-state index is -3.43. The summed E-state index contributed by atoms with van der Waals surface area (Å²) in [5.41, 5.74) is 6.16. The Balaban J connectivity index is 2.44. The Labute approximate surface area is 120 Å². The number of sulfonamides is 1. The number of ether oxygens (including phenoxy) is 1. The molecule has 0 aliphatic heterocycles. The van der Waals surface area contributed by atoms with Crippen LogP contribution in [0.1, 0.15) is 13.8 Å². The highest BCUT2D eigenvalue weighted by Gasteiger charge is 2.18. The second kappa shape index (κ2) is 7.47. The molecule has 0 aliphatic rings. The Morgan fingerprint density at radius 3 is 2.70 bits per heavy atom. The molecule has 20 heavy (non-hydrogen) atoms. The van der Waals surface area contributed by atoms with E-state index in [1.165, 1.54) is 0 Å². The van der Waals surface area contributed by atoms with Gasteiger partial charge in [0.05, 0.1) is 5.75 Å². The molecule has 2 unspecified atom stereocenters. The molecule has 1 rings (SSSR count). The van der Waals surface area contributed by atoms with Crippen LogP contribution in [0.4, 0.5) is 5.69 Å². The Hall–Kier alpha value is -1.31. The number of nitrogen functional groups attached to an aromatic ring is 1. The first-order chi connectivity index (χ1) is 9.34. The summed E-state index contributed by atoms with van der Waals surface area (Å²) < 4.78 is 31.5. The van der Waals surface area contributed by atoms with Gasteiger partial charge in [0, 0.05) is 24.4 Å². The van der Waals surface area contributed by atoms with Crippen LogP contribution in [0.2, 0.25) is 0 Å². The first-order valence-electron chi connectivity index (χ1n) is 6.43. The van der Waals surface area contributed by atoms with Crippen molar-refractivity contribution in [3.05, 3.63) is 24.3 Å².